The number of nitrogens with zero attached hydrogens (tertiary/aromatic N) is 2. The van der Waals surface area contributed by atoms with Crippen molar-refractivity contribution in [3.8, 4) is 16.8 Å². The SMILES string of the molecule is C1=CC2c3ccccc3N(c3cccc(-c4cccc5ccccc45)c3)C2C=C1c1cccc(-n2c3ccccc3c3ccccc32)c1. The zero-order chi connectivity index (χ0) is 31.6. The van der Waals surface area contributed by atoms with E-state index < -0.39 is 0 Å². The van der Waals surface area contributed by atoms with Gasteiger partial charge in [-0.05, 0) is 81.1 Å². The number of hydrogen-bond donors (Lipinski definition) is 0. The molecule has 2 heterocycles. The highest BCUT2D eigenvalue weighted by Gasteiger charge is 2.38. The van der Waals surface area contributed by atoms with Gasteiger partial charge in [0.1, 0.15) is 0 Å². The van der Waals surface area contributed by atoms with E-state index in [0.717, 1.165) is 0 Å². The number of fused-ring (bicyclic) bond motifs is 7. The normalized spacial score (nSPS) is 16.8. The van der Waals surface area contributed by atoms with Crippen LogP contribution >= 0.6 is 0 Å². The quantitative estimate of drug-likeness (QED) is 0.192. The molecular formula is C46H32N2. The number of benzene rings is 7. The van der Waals surface area contributed by atoms with Crippen LogP contribution in [0.5, 0.6) is 0 Å². The molecule has 2 aliphatic rings. The molecule has 2 nitrogen and oxygen atoms in total. The fourth-order valence-electron chi connectivity index (χ4n) is 8.17. The van der Waals surface area contributed by atoms with Crippen molar-refractivity contribution in [3.63, 3.8) is 0 Å². The molecule has 2 unspecified atom stereocenters. The minimum atomic E-state index is 0.169. The van der Waals surface area contributed by atoms with Crippen LogP contribution in [0.4, 0.5) is 11.4 Å². The highest BCUT2D eigenvalue weighted by Crippen LogP contribution is 2.49. The van der Waals surface area contributed by atoms with Gasteiger partial charge in [0.05, 0.1) is 17.1 Å². The molecule has 1 aliphatic carbocycles. The predicted molar refractivity (Wildman–Crippen MR) is 202 cm³/mol. The van der Waals surface area contributed by atoms with E-state index in [1.165, 1.54) is 77.5 Å². The fourth-order valence-corrected chi connectivity index (χ4v) is 8.17. The van der Waals surface area contributed by atoms with E-state index in [0.29, 0.717) is 0 Å². The third-order valence-corrected chi connectivity index (χ3v) is 10.3. The first-order valence-electron chi connectivity index (χ1n) is 16.8. The van der Waals surface area contributed by atoms with Crippen molar-refractivity contribution < 1.29 is 0 Å². The lowest BCUT2D eigenvalue weighted by Gasteiger charge is -2.30. The topological polar surface area (TPSA) is 8.17 Å². The van der Waals surface area contributed by atoms with Gasteiger partial charge in [0.25, 0.3) is 0 Å². The molecule has 2 heteroatoms. The van der Waals surface area contributed by atoms with E-state index in [-0.39, 0.29) is 12.0 Å². The molecule has 1 aromatic heterocycles. The summed E-state index contributed by atoms with van der Waals surface area (Å²) in [7, 11) is 0. The van der Waals surface area contributed by atoms with E-state index in [1.807, 2.05) is 0 Å². The summed E-state index contributed by atoms with van der Waals surface area (Å²) in [5.74, 6) is 0.284. The van der Waals surface area contributed by atoms with Gasteiger partial charge in [0.15, 0.2) is 0 Å². The molecule has 8 aromatic rings. The number of allylic oxidation sites excluding steroid dienone is 2. The molecule has 0 N–H and O–H groups in total. The van der Waals surface area contributed by atoms with Gasteiger partial charge < -0.3 is 9.47 Å². The van der Waals surface area contributed by atoms with E-state index in [1.54, 1.807) is 0 Å². The van der Waals surface area contributed by atoms with Crippen LogP contribution in [0.15, 0.2) is 182 Å². The van der Waals surface area contributed by atoms with Crippen molar-refractivity contribution in [1.29, 1.82) is 0 Å². The lowest BCUT2D eigenvalue weighted by Crippen LogP contribution is -2.29. The minimum Gasteiger partial charge on any atom is -0.333 e. The van der Waals surface area contributed by atoms with E-state index >= 15 is 0 Å². The summed E-state index contributed by atoms with van der Waals surface area (Å²) >= 11 is 0. The van der Waals surface area contributed by atoms with Crippen LogP contribution in [0.25, 0.3) is 55.0 Å². The Hall–Kier alpha value is -6.12. The molecule has 10 rings (SSSR count). The molecule has 2 atom stereocenters. The second-order valence-corrected chi connectivity index (χ2v) is 12.9. The molecule has 48 heavy (non-hydrogen) atoms. The van der Waals surface area contributed by atoms with Crippen molar-refractivity contribution in [3.05, 3.63) is 193 Å². The van der Waals surface area contributed by atoms with Gasteiger partial charge in [0.2, 0.25) is 0 Å². The fraction of sp³-hybridized carbons (Fsp3) is 0.0435. The number of aromatic nitrogens is 1. The van der Waals surface area contributed by atoms with Gasteiger partial charge in [-0.3, -0.25) is 0 Å². The number of anilines is 2. The molecule has 0 saturated carbocycles. The highest BCUT2D eigenvalue weighted by atomic mass is 15.2. The first-order valence-corrected chi connectivity index (χ1v) is 16.8. The first kappa shape index (κ1) is 27.0. The zero-order valence-electron chi connectivity index (χ0n) is 26.4. The average molecular weight is 613 g/mol. The second-order valence-electron chi connectivity index (χ2n) is 12.9. The van der Waals surface area contributed by atoms with Gasteiger partial charge in [-0.2, -0.15) is 0 Å². The Morgan fingerprint density at radius 1 is 0.479 bits per heavy atom. The van der Waals surface area contributed by atoms with Crippen LogP contribution in [0.3, 0.4) is 0 Å². The molecule has 1 aliphatic heterocycles. The Balaban J connectivity index is 1.08. The zero-order valence-corrected chi connectivity index (χ0v) is 26.4. The summed E-state index contributed by atoms with van der Waals surface area (Å²) in [4.78, 5) is 2.55. The smallest absolute Gasteiger partial charge is 0.0635 e. The summed E-state index contributed by atoms with van der Waals surface area (Å²) in [6.07, 6.45) is 7.24. The van der Waals surface area contributed by atoms with Gasteiger partial charge in [-0.1, -0.05) is 140 Å². The maximum absolute atomic E-state index is 2.55. The van der Waals surface area contributed by atoms with Crippen LogP contribution in [0, 0.1) is 0 Å². The molecule has 0 spiro atoms. The van der Waals surface area contributed by atoms with Crippen molar-refractivity contribution in [2.75, 3.05) is 4.90 Å². The Labute approximate surface area is 280 Å². The van der Waals surface area contributed by atoms with E-state index in [4.69, 9.17) is 0 Å². The number of para-hydroxylation sites is 3. The largest absolute Gasteiger partial charge is 0.333 e. The Bertz CT molecular complexity index is 2540. The summed E-state index contributed by atoms with van der Waals surface area (Å²) in [5.41, 5.74) is 12.5. The first-order chi connectivity index (χ1) is 23.8. The predicted octanol–water partition coefficient (Wildman–Crippen LogP) is 11.9. The maximum atomic E-state index is 2.55. The second kappa shape index (κ2) is 10.7. The number of hydrogen-bond acceptors (Lipinski definition) is 1. The van der Waals surface area contributed by atoms with Crippen molar-refractivity contribution in [1.82, 2.24) is 4.57 Å². The summed E-state index contributed by atoms with van der Waals surface area (Å²) in [6.45, 7) is 0. The standard InChI is InChI=1S/C46H32N2/c1-2-18-37-31(12-1)13-11-22-38(37)34-15-10-17-36(29-34)48-45-25-8-5-21-41(45)42-27-26-33(30-46(42)48)32-14-9-16-35(28-32)47-43-23-6-3-19-39(43)40-20-4-7-24-44(40)47/h1-30,42,46H. The molecule has 226 valence electrons. The maximum Gasteiger partial charge on any atom is 0.0635 e. The van der Waals surface area contributed by atoms with Crippen molar-refractivity contribution in [2.45, 2.75) is 12.0 Å². The van der Waals surface area contributed by atoms with E-state index in [2.05, 4.69) is 191 Å². The Morgan fingerprint density at radius 2 is 1.10 bits per heavy atom. The Kier molecular flexibility index (Phi) is 6.04. The van der Waals surface area contributed by atoms with Crippen LogP contribution in [-0.2, 0) is 0 Å². The summed E-state index contributed by atoms with van der Waals surface area (Å²) < 4.78 is 2.40. The Morgan fingerprint density at radius 3 is 1.94 bits per heavy atom. The van der Waals surface area contributed by atoms with Crippen LogP contribution in [-0.4, -0.2) is 10.6 Å². The molecule has 0 amide bonds. The van der Waals surface area contributed by atoms with E-state index in [9.17, 15) is 0 Å². The molecule has 7 aromatic carbocycles. The molecular weight excluding hydrogens is 581 g/mol. The minimum absolute atomic E-state index is 0.169. The van der Waals surface area contributed by atoms with Gasteiger partial charge in [0, 0.05) is 33.8 Å². The van der Waals surface area contributed by atoms with Crippen molar-refractivity contribution in [2.24, 2.45) is 0 Å². The monoisotopic (exact) mass is 612 g/mol. The highest BCUT2D eigenvalue weighted by molar-refractivity contribution is 6.09. The average Bonchev–Trinajstić information content (AvgIpc) is 3.67. The van der Waals surface area contributed by atoms with Gasteiger partial charge in [-0.15, -0.1) is 0 Å². The number of rotatable bonds is 4. The summed E-state index contributed by atoms with van der Waals surface area (Å²) in [5, 5.41) is 5.11. The summed E-state index contributed by atoms with van der Waals surface area (Å²) in [6, 6.07) is 59.9. The third-order valence-electron chi connectivity index (χ3n) is 10.3. The van der Waals surface area contributed by atoms with Gasteiger partial charge >= 0.3 is 0 Å². The lowest BCUT2D eigenvalue weighted by molar-refractivity contribution is 0.747. The lowest BCUT2D eigenvalue weighted by atomic mass is 9.86. The van der Waals surface area contributed by atoms with Gasteiger partial charge in [-0.25, -0.2) is 0 Å². The van der Waals surface area contributed by atoms with Crippen LogP contribution < -0.4 is 4.90 Å². The van der Waals surface area contributed by atoms with Crippen molar-refractivity contribution >= 4 is 49.5 Å². The molecule has 0 radical (unpaired) electrons. The molecule has 0 saturated heterocycles. The molecule has 0 bridgehead atoms. The molecule has 0 fully saturated rings. The van der Waals surface area contributed by atoms with Crippen LogP contribution in [0.2, 0.25) is 0 Å². The third kappa shape index (κ3) is 4.13. The van der Waals surface area contributed by atoms with Crippen LogP contribution in [0.1, 0.15) is 17.0 Å².